The van der Waals surface area contributed by atoms with Gasteiger partial charge in [0, 0.05) is 4.47 Å². The van der Waals surface area contributed by atoms with Gasteiger partial charge in [0.05, 0.1) is 13.5 Å². The summed E-state index contributed by atoms with van der Waals surface area (Å²) in [6.07, 6.45) is 0. The molecule has 3 aromatic heterocycles. The van der Waals surface area contributed by atoms with Gasteiger partial charge in [-0.25, -0.2) is 0 Å². The van der Waals surface area contributed by atoms with Crippen molar-refractivity contribution < 1.29 is 4.79 Å². The van der Waals surface area contributed by atoms with E-state index in [0.29, 0.717) is 0 Å². The Morgan fingerprint density at radius 3 is 1.68 bits per heavy atom. The fraction of sp³-hybridized carbons (Fsp3) is 0. The molecule has 0 aliphatic heterocycles. The van der Waals surface area contributed by atoms with Gasteiger partial charge in [0.1, 0.15) is 0 Å². The van der Waals surface area contributed by atoms with Crippen LogP contribution in [0.5, 0.6) is 0 Å². The first-order chi connectivity index (χ1) is 9.18. The number of halogens is 2. The highest BCUT2D eigenvalue weighted by molar-refractivity contribution is 9.13. The first kappa shape index (κ1) is 15.1. The smallest absolute Gasteiger partial charge is 0.212 e. The average molecular weight is 436 g/mol. The Hall–Kier alpha value is -0.270. The minimum absolute atomic E-state index is 0.139. The van der Waals surface area contributed by atoms with Crippen molar-refractivity contribution in [3.8, 4) is 0 Å². The summed E-state index contributed by atoms with van der Waals surface area (Å²) in [5.41, 5.74) is 0. The van der Waals surface area contributed by atoms with E-state index in [9.17, 15) is 4.79 Å². The molecule has 3 aromatic rings. The van der Waals surface area contributed by atoms with E-state index in [1.807, 2.05) is 46.5 Å². The van der Waals surface area contributed by atoms with Crippen molar-refractivity contribution in [1.29, 1.82) is 0 Å². The van der Waals surface area contributed by atoms with Gasteiger partial charge in [0.2, 0.25) is 5.78 Å². The average Bonchev–Trinajstić information content (AvgIpc) is 3.13. The standard InChI is InChI=1S/C9H6OS2.C4H2Br2S/c10-9(7-3-1-5-11-7)8-4-2-6-12-8;5-3-1-2-7-4(3)6/h1-6H;1-2H. The minimum atomic E-state index is 0.139. The summed E-state index contributed by atoms with van der Waals surface area (Å²) < 4.78 is 2.30. The number of carbonyl (C=O) groups is 1. The van der Waals surface area contributed by atoms with Crippen molar-refractivity contribution in [2.75, 3.05) is 0 Å². The van der Waals surface area contributed by atoms with Crippen LogP contribution in [0.4, 0.5) is 0 Å². The van der Waals surface area contributed by atoms with Gasteiger partial charge in [-0.3, -0.25) is 4.79 Å². The summed E-state index contributed by atoms with van der Waals surface area (Å²) in [4.78, 5) is 13.2. The molecule has 0 spiro atoms. The molecule has 0 amide bonds. The van der Waals surface area contributed by atoms with Gasteiger partial charge in [0.25, 0.3) is 0 Å². The van der Waals surface area contributed by atoms with Crippen LogP contribution >= 0.6 is 65.9 Å². The third-order valence-corrected chi connectivity index (χ3v) is 6.94. The van der Waals surface area contributed by atoms with Gasteiger partial charge < -0.3 is 0 Å². The lowest BCUT2D eigenvalue weighted by molar-refractivity contribution is 0.104. The van der Waals surface area contributed by atoms with Crippen LogP contribution in [-0.2, 0) is 0 Å². The first-order valence-corrected chi connectivity index (χ1v) is 9.41. The Bertz CT molecular complexity index is 574. The van der Waals surface area contributed by atoms with E-state index in [1.54, 1.807) is 11.3 Å². The molecule has 0 bridgehead atoms. The van der Waals surface area contributed by atoms with Crippen LogP contribution in [0.1, 0.15) is 14.5 Å². The Kier molecular flexibility index (Phi) is 5.97. The molecule has 0 radical (unpaired) electrons. The molecular weight excluding hydrogens is 428 g/mol. The lowest BCUT2D eigenvalue weighted by atomic mass is 10.3. The molecule has 0 N–H and O–H groups in total. The summed E-state index contributed by atoms with van der Waals surface area (Å²) in [7, 11) is 0. The first-order valence-electron chi connectivity index (χ1n) is 5.18. The minimum Gasteiger partial charge on any atom is -0.287 e. The third kappa shape index (κ3) is 4.36. The van der Waals surface area contributed by atoms with Crippen molar-refractivity contribution in [3.05, 3.63) is 64.5 Å². The monoisotopic (exact) mass is 434 g/mol. The van der Waals surface area contributed by atoms with Gasteiger partial charge in [-0.05, 0) is 66.2 Å². The fourth-order valence-corrected chi connectivity index (χ4v) is 4.18. The van der Waals surface area contributed by atoms with Crippen LogP contribution in [0.3, 0.4) is 0 Å². The maximum Gasteiger partial charge on any atom is 0.212 e. The van der Waals surface area contributed by atoms with E-state index in [0.717, 1.165) is 18.0 Å². The summed E-state index contributed by atoms with van der Waals surface area (Å²) in [5.74, 6) is 0.139. The number of carbonyl (C=O) groups excluding carboxylic acids is 1. The Morgan fingerprint density at radius 1 is 0.842 bits per heavy atom. The molecule has 0 aromatic carbocycles. The predicted octanol–water partition coefficient (Wildman–Crippen LogP) is 6.31. The molecule has 0 aliphatic carbocycles. The molecule has 0 saturated carbocycles. The lowest BCUT2D eigenvalue weighted by Crippen LogP contribution is -1.93. The van der Waals surface area contributed by atoms with Crippen molar-refractivity contribution in [2.24, 2.45) is 0 Å². The Morgan fingerprint density at radius 2 is 1.42 bits per heavy atom. The molecule has 6 heteroatoms. The van der Waals surface area contributed by atoms with E-state index in [2.05, 4.69) is 31.9 Å². The molecule has 0 aliphatic rings. The van der Waals surface area contributed by atoms with Crippen LogP contribution in [0.15, 0.2) is 54.7 Å². The van der Waals surface area contributed by atoms with Crippen molar-refractivity contribution in [3.63, 3.8) is 0 Å². The van der Waals surface area contributed by atoms with Gasteiger partial charge in [-0.2, -0.15) is 0 Å². The Labute approximate surface area is 140 Å². The molecule has 0 atom stereocenters. The topological polar surface area (TPSA) is 17.1 Å². The van der Waals surface area contributed by atoms with Crippen LogP contribution in [0, 0.1) is 0 Å². The fourth-order valence-electron chi connectivity index (χ4n) is 1.21. The highest BCUT2D eigenvalue weighted by Gasteiger charge is 2.09. The normalized spacial score (nSPS) is 9.79. The molecule has 1 nitrogen and oxygen atoms in total. The number of thiophene rings is 3. The maximum atomic E-state index is 11.6. The molecule has 3 rings (SSSR count). The van der Waals surface area contributed by atoms with Crippen molar-refractivity contribution >= 4 is 71.7 Å². The summed E-state index contributed by atoms with van der Waals surface area (Å²) in [6.45, 7) is 0. The zero-order chi connectivity index (χ0) is 13.7. The van der Waals surface area contributed by atoms with E-state index in [4.69, 9.17) is 0 Å². The van der Waals surface area contributed by atoms with E-state index in [-0.39, 0.29) is 5.78 Å². The van der Waals surface area contributed by atoms with Crippen molar-refractivity contribution in [2.45, 2.75) is 0 Å². The largest absolute Gasteiger partial charge is 0.287 e. The van der Waals surface area contributed by atoms with Crippen LogP contribution < -0.4 is 0 Å². The van der Waals surface area contributed by atoms with E-state index in [1.165, 1.54) is 22.7 Å². The second kappa shape index (κ2) is 7.50. The van der Waals surface area contributed by atoms with Crippen LogP contribution in [0.25, 0.3) is 0 Å². The zero-order valence-corrected chi connectivity index (χ0v) is 15.1. The molecule has 98 valence electrons. The second-order valence-corrected chi connectivity index (χ2v) is 8.31. The SMILES string of the molecule is Brc1ccsc1Br.O=C(c1cccs1)c1cccs1. The lowest BCUT2D eigenvalue weighted by Gasteiger charge is -1.89. The Balaban J connectivity index is 0.000000163. The van der Waals surface area contributed by atoms with Crippen molar-refractivity contribution in [1.82, 2.24) is 0 Å². The zero-order valence-electron chi connectivity index (χ0n) is 9.51. The van der Waals surface area contributed by atoms with Crippen LogP contribution in [-0.4, -0.2) is 5.78 Å². The maximum absolute atomic E-state index is 11.6. The highest BCUT2D eigenvalue weighted by atomic mass is 79.9. The number of hydrogen-bond donors (Lipinski definition) is 0. The summed E-state index contributed by atoms with van der Waals surface area (Å²) in [6, 6.07) is 9.51. The number of ketones is 1. The number of hydrogen-bond acceptors (Lipinski definition) is 4. The predicted molar refractivity (Wildman–Crippen MR) is 91.8 cm³/mol. The highest BCUT2D eigenvalue weighted by Crippen LogP contribution is 2.27. The molecule has 0 fully saturated rings. The molecule has 3 heterocycles. The molecular formula is C13H8Br2OS3. The van der Waals surface area contributed by atoms with Gasteiger partial charge >= 0.3 is 0 Å². The third-order valence-electron chi connectivity index (χ3n) is 2.06. The summed E-state index contributed by atoms with van der Waals surface area (Å²) >= 11 is 11.3. The van der Waals surface area contributed by atoms with E-state index >= 15 is 0 Å². The molecule has 0 saturated heterocycles. The quantitative estimate of drug-likeness (QED) is 0.430. The summed E-state index contributed by atoms with van der Waals surface area (Å²) in [5, 5.41) is 5.86. The van der Waals surface area contributed by atoms with Crippen LogP contribution in [0.2, 0.25) is 0 Å². The second-order valence-electron chi connectivity index (χ2n) is 3.33. The molecule has 19 heavy (non-hydrogen) atoms. The molecule has 0 unspecified atom stereocenters. The van der Waals surface area contributed by atoms with Gasteiger partial charge in [-0.15, -0.1) is 34.0 Å². The number of rotatable bonds is 2. The van der Waals surface area contributed by atoms with E-state index < -0.39 is 0 Å². The van der Waals surface area contributed by atoms with Gasteiger partial charge in [0.15, 0.2) is 0 Å². The van der Waals surface area contributed by atoms with Gasteiger partial charge in [-0.1, -0.05) is 12.1 Å².